The van der Waals surface area contributed by atoms with Gasteiger partial charge in [-0.3, -0.25) is 19.2 Å². The highest BCUT2D eigenvalue weighted by Crippen LogP contribution is 2.36. The highest BCUT2D eigenvalue weighted by Gasteiger charge is 2.54. The van der Waals surface area contributed by atoms with E-state index in [1.807, 2.05) is 13.8 Å². The fourth-order valence-electron chi connectivity index (χ4n) is 4.84. The fraction of sp³-hybridized carbons (Fsp3) is 0.552. The van der Waals surface area contributed by atoms with E-state index in [4.69, 9.17) is 19.3 Å². The van der Waals surface area contributed by atoms with Crippen LogP contribution in [0.15, 0.2) is 42.5 Å². The second-order valence-corrected chi connectivity index (χ2v) is 10.3. The number of ketones is 2. The molecule has 1 fully saturated rings. The predicted molar refractivity (Wildman–Crippen MR) is 142 cm³/mol. The number of ether oxygens (including phenoxy) is 3. The van der Waals surface area contributed by atoms with Crippen LogP contribution < -0.4 is 0 Å². The first-order valence-corrected chi connectivity index (χ1v) is 13.1. The van der Waals surface area contributed by atoms with Gasteiger partial charge in [-0.05, 0) is 50.3 Å². The predicted octanol–water partition coefficient (Wildman–Crippen LogP) is 3.04. The Bertz CT molecular complexity index is 1050. The van der Waals surface area contributed by atoms with Gasteiger partial charge in [-0.1, -0.05) is 44.2 Å². The Morgan fingerprint density at radius 3 is 2.36 bits per heavy atom. The number of imide groups is 1. The van der Waals surface area contributed by atoms with Crippen molar-refractivity contribution in [2.24, 2.45) is 11.8 Å². The Kier molecular flexibility index (Phi) is 12.0. The first kappa shape index (κ1) is 31.8. The van der Waals surface area contributed by atoms with Crippen LogP contribution in [-0.2, 0) is 39.8 Å². The minimum absolute atomic E-state index is 0.00235. The highest BCUT2D eigenvalue weighted by molar-refractivity contribution is 6.05. The normalized spacial score (nSPS) is 18.2. The van der Waals surface area contributed by atoms with Gasteiger partial charge >= 0.3 is 12.1 Å². The van der Waals surface area contributed by atoms with Crippen molar-refractivity contribution in [2.75, 3.05) is 19.8 Å². The van der Waals surface area contributed by atoms with Gasteiger partial charge in [0, 0.05) is 20.0 Å². The van der Waals surface area contributed by atoms with Crippen molar-refractivity contribution in [1.82, 2.24) is 4.90 Å². The Hall–Kier alpha value is -3.37. The molecule has 3 atom stereocenters. The second-order valence-electron chi connectivity index (χ2n) is 10.3. The quantitative estimate of drug-likeness (QED) is 0.200. The van der Waals surface area contributed by atoms with Crippen molar-refractivity contribution in [1.29, 1.82) is 0 Å². The monoisotopic (exact) mass is 545 g/mol. The summed E-state index contributed by atoms with van der Waals surface area (Å²) in [5.41, 5.74) is -0.275. The number of esters is 1. The van der Waals surface area contributed by atoms with Crippen molar-refractivity contribution in [2.45, 2.75) is 71.6 Å². The van der Waals surface area contributed by atoms with E-state index in [2.05, 4.69) is 0 Å². The molecule has 1 saturated heterocycles. The first-order valence-electron chi connectivity index (χ1n) is 13.1. The summed E-state index contributed by atoms with van der Waals surface area (Å²) in [6.07, 6.45) is 0.179. The molecular weight excluding hydrogens is 506 g/mol. The number of nitrogens with zero attached hydrogens (tertiary/aromatic N) is 1. The molecule has 1 heterocycles. The van der Waals surface area contributed by atoms with E-state index < -0.39 is 47.4 Å². The molecule has 0 aromatic heterocycles. The lowest BCUT2D eigenvalue weighted by atomic mass is 9.85. The number of benzene rings is 1. The van der Waals surface area contributed by atoms with E-state index in [0.717, 1.165) is 24.0 Å². The zero-order valence-electron chi connectivity index (χ0n) is 23.3. The molecule has 0 spiro atoms. The lowest BCUT2D eigenvalue weighted by Gasteiger charge is -2.34. The van der Waals surface area contributed by atoms with Crippen LogP contribution in [0, 0.1) is 11.8 Å². The minimum Gasteiger partial charge on any atom is -0.453 e. The number of carbonyl (C=O) groups excluding carboxylic acids is 5. The van der Waals surface area contributed by atoms with E-state index >= 15 is 0 Å². The molecule has 1 aromatic rings. The zero-order valence-corrected chi connectivity index (χ0v) is 23.3. The number of hydrogen-bond donors (Lipinski definition) is 1. The van der Waals surface area contributed by atoms with Crippen LogP contribution in [0.4, 0.5) is 4.79 Å². The highest BCUT2D eigenvalue weighted by atomic mass is 16.6. The van der Waals surface area contributed by atoms with Crippen molar-refractivity contribution in [3.05, 3.63) is 48.0 Å². The molecule has 214 valence electrons. The van der Waals surface area contributed by atoms with Gasteiger partial charge in [0.1, 0.15) is 5.60 Å². The third-order valence-corrected chi connectivity index (χ3v) is 6.34. The van der Waals surface area contributed by atoms with Crippen molar-refractivity contribution in [3.63, 3.8) is 0 Å². The number of cyclic esters (lactones) is 1. The third-order valence-electron chi connectivity index (χ3n) is 6.34. The molecule has 0 saturated carbocycles. The van der Waals surface area contributed by atoms with E-state index in [-0.39, 0.29) is 44.4 Å². The van der Waals surface area contributed by atoms with Crippen LogP contribution in [0.25, 0.3) is 0 Å². The molecule has 39 heavy (non-hydrogen) atoms. The van der Waals surface area contributed by atoms with Crippen LogP contribution in [0.2, 0.25) is 0 Å². The summed E-state index contributed by atoms with van der Waals surface area (Å²) < 4.78 is 16.0. The summed E-state index contributed by atoms with van der Waals surface area (Å²) in [5, 5.41) is 8.73. The lowest BCUT2D eigenvalue weighted by Crippen LogP contribution is -2.53. The van der Waals surface area contributed by atoms with Gasteiger partial charge in [0.05, 0.1) is 25.2 Å². The maximum atomic E-state index is 14.0. The van der Waals surface area contributed by atoms with Gasteiger partial charge in [0.15, 0.2) is 17.7 Å². The molecule has 2 amide bonds. The molecule has 0 unspecified atom stereocenters. The van der Waals surface area contributed by atoms with Gasteiger partial charge < -0.3 is 19.3 Å². The molecule has 1 aliphatic rings. The second kappa shape index (κ2) is 14.7. The summed E-state index contributed by atoms with van der Waals surface area (Å²) in [6.45, 7) is 8.60. The van der Waals surface area contributed by atoms with Crippen LogP contribution in [-0.4, -0.2) is 77.1 Å². The van der Waals surface area contributed by atoms with Crippen molar-refractivity contribution >= 4 is 29.5 Å². The van der Waals surface area contributed by atoms with Gasteiger partial charge in [-0.2, -0.15) is 0 Å². The number of aliphatic hydroxyl groups excluding tert-OH is 1. The standard InChI is InChI=1S/C29H39NO9/c1-19(2)26-29(4,5)39-28(36)30(26)27(35)23(18-21-10-7-6-8-11-21)25(38-20(3)32)24(34)14-13-22(33)12-9-16-37-17-15-31/h6-8,10-11,13-14,19,23,25-26,31H,9,12,15-18H2,1-5H3/t23-,25+,26+/m0/s1. The first-order chi connectivity index (χ1) is 18.4. The Morgan fingerprint density at radius 2 is 1.77 bits per heavy atom. The average Bonchev–Trinajstić information content (AvgIpc) is 3.12. The van der Waals surface area contributed by atoms with Gasteiger partial charge in [0.25, 0.3) is 0 Å². The van der Waals surface area contributed by atoms with Crippen LogP contribution in [0.1, 0.15) is 53.0 Å². The number of rotatable bonds is 15. The summed E-state index contributed by atoms with van der Waals surface area (Å²) in [4.78, 5) is 65.6. The lowest BCUT2D eigenvalue weighted by molar-refractivity contribution is -0.159. The van der Waals surface area contributed by atoms with Gasteiger partial charge in [0.2, 0.25) is 5.91 Å². The number of aliphatic hydroxyl groups is 1. The Balaban J connectivity index is 2.38. The summed E-state index contributed by atoms with van der Waals surface area (Å²) >= 11 is 0. The molecule has 0 radical (unpaired) electrons. The maximum absolute atomic E-state index is 14.0. The third kappa shape index (κ3) is 9.11. The van der Waals surface area contributed by atoms with Crippen molar-refractivity contribution in [3.8, 4) is 0 Å². The van der Waals surface area contributed by atoms with Gasteiger partial charge in [-0.25, -0.2) is 9.69 Å². The maximum Gasteiger partial charge on any atom is 0.417 e. The van der Waals surface area contributed by atoms with Crippen LogP contribution in [0.5, 0.6) is 0 Å². The topological polar surface area (TPSA) is 137 Å². The number of hydrogen-bond acceptors (Lipinski definition) is 9. The van der Waals surface area contributed by atoms with E-state index in [1.54, 1.807) is 44.2 Å². The Morgan fingerprint density at radius 1 is 1.10 bits per heavy atom. The van der Waals surface area contributed by atoms with Gasteiger partial charge in [-0.15, -0.1) is 0 Å². The summed E-state index contributed by atoms with van der Waals surface area (Å²) in [5.74, 6) is -4.00. The zero-order chi connectivity index (χ0) is 29.2. The van der Waals surface area contributed by atoms with Crippen LogP contribution >= 0.6 is 0 Å². The smallest absolute Gasteiger partial charge is 0.417 e. The molecule has 10 nitrogen and oxygen atoms in total. The number of allylic oxidation sites excluding steroid dienone is 1. The van der Waals surface area contributed by atoms with E-state index in [9.17, 15) is 24.0 Å². The molecule has 0 bridgehead atoms. The Labute approximate surface area is 229 Å². The fourth-order valence-corrected chi connectivity index (χ4v) is 4.84. The van der Waals surface area contributed by atoms with E-state index in [1.165, 1.54) is 0 Å². The van der Waals surface area contributed by atoms with Crippen molar-refractivity contribution < 1.29 is 43.3 Å². The molecule has 1 aliphatic heterocycles. The molecule has 1 aromatic carbocycles. The largest absolute Gasteiger partial charge is 0.453 e. The number of amides is 2. The molecule has 0 aliphatic carbocycles. The SMILES string of the molecule is CC(=O)O[C@@H](C(=O)C=CC(=O)CCCOCCO)[C@H](Cc1ccccc1)C(=O)N1C(=O)OC(C)(C)[C@H]1C(C)C. The average molecular weight is 546 g/mol. The number of carbonyl (C=O) groups is 5. The summed E-state index contributed by atoms with van der Waals surface area (Å²) in [6, 6.07) is 8.25. The molecule has 10 heteroatoms. The molecule has 2 rings (SSSR count). The molecule has 1 N–H and O–H groups in total. The molecular formula is C29H39NO9. The minimum atomic E-state index is -1.57. The van der Waals surface area contributed by atoms with Crippen LogP contribution in [0.3, 0.4) is 0 Å². The van der Waals surface area contributed by atoms with E-state index in [0.29, 0.717) is 12.0 Å². The summed E-state index contributed by atoms with van der Waals surface area (Å²) in [7, 11) is 0.